The highest BCUT2D eigenvalue weighted by atomic mass is 16.5. The fourth-order valence-electron chi connectivity index (χ4n) is 5.48. The first-order chi connectivity index (χ1) is 21.1. The second-order valence-electron chi connectivity index (χ2n) is 12.7. The molecule has 11 nitrogen and oxygen atoms in total. The minimum atomic E-state index is -1.00. The lowest BCUT2D eigenvalue weighted by atomic mass is 9.88. The number of morpholine rings is 1. The van der Waals surface area contributed by atoms with Crippen molar-refractivity contribution in [2.45, 2.75) is 71.5 Å². The number of nitrogens with zero attached hydrogens (tertiary/aromatic N) is 2. The van der Waals surface area contributed by atoms with Gasteiger partial charge in [-0.25, -0.2) is 0 Å². The van der Waals surface area contributed by atoms with Crippen LogP contribution in [0.5, 0.6) is 0 Å². The van der Waals surface area contributed by atoms with E-state index in [0.717, 1.165) is 31.5 Å². The molecule has 0 radical (unpaired) electrons. The molecule has 2 aliphatic rings. The van der Waals surface area contributed by atoms with Crippen LogP contribution in [-0.4, -0.2) is 85.5 Å². The highest BCUT2D eigenvalue weighted by Gasteiger charge is 2.48. The monoisotopic (exact) mass is 610 g/mol. The van der Waals surface area contributed by atoms with Gasteiger partial charge in [-0.2, -0.15) is 0 Å². The number of methoxy groups -OCH3 is 1. The Labute approximate surface area is 259 Å². The number of amides is 2. The van der Waals surface area contributed by atoms with Gasteiger partial charge in [-0.15, -0.1) is 0 Å². The maximum atomic E-state index is 13.7. The van der Waals surface area contributed by atoms with Crippen LogP contribution >= 0.6 is 0 Å². The summed E-state index contributed by atoms with van der Waals surface area (Å²) in [4.78, 5) is 55.9. The normalized spacial score (nSPS) is 18.3. The molecule has 3 atom stereocenters. The Kier molecular flexibility index (Phi) is 11.8. The molecular formula is C33H46N4O7. The van der Waals surface area contributed by atoms with Crippen molar-refractivity contribution >= 4 is 23.4 Å². The molecule has 4 rings (SSSR count). The van der Waals surface area contributed by atoms with Gasteiger partial charge >= 0.3 is 0 Å². The predicted octanol–water partition coefficient (Wildman–Crippen LogP) is 2.97. The summed E-state index contributed by atoms with van der Waals surface area (Å²) in [6, 6.07) is 9.40. The third kappa shape index (κ3) is 9.54. The van der Waals surface area contributed by atoms with E-state index in [4.69, 9.17) is 14.0 Å². The third-order valence-electron chi connectivity index (χ3n) is 8.38. The molecule has 11 heteroatoms. The van der Waals surface area contributed by atoms with Crippen LogP contribution in [0.15, 0.2) is 40.9 Å². The molecule has 0 spiro atoms. The number of carbonyl (C=O) groups is 4. The first kappa shape index (κ1) is 33.5. The molecule has 44 heavy (non-hydrogen) atoms. The first-order valence-electron chi connectivity index (χ1n) is 15.5. The largest absolute Gasteiger partial charge is 0.382 e. The van der Waals surface area contributed by atoms with Crippen molar-refractivity contribution in [2.24, 2.45) is 17.3 Å². The van der Waals surface area contributed by atoms with E-state index in [9.17, 15) is 19.2 Å². The van der Waals surface area contributed by atoms with Crippen LogP contribution in [0.1, 0.15) is 68.3 Å². The highest BCUT2D eigenvalue weighted by molar-refractivity contribution is 5.98. The lowest BCUT2D eigenvalue weighted by Crippen LogP contribution is -2.49. The zero-order chi connectivity index (χ0) is 31.7. The minimum absolute atomic E-state index is 0.0504. The van der Waals surface area contributed by atoms with Gasteiger partial charge in [-0.1, -0.05) is 56.3 Å². The summed E-state index contributed by atoms with van der Waals surface area (Å²) in [5.74, 6) is -1.23. The van der Waals surface area contributed by atoms with E-state index < -0.39 is 29.3 Å². The number of rotatable bonds is 17. The molecular weight excluding hydrogens is 564 g/mol. The van der Waals surface area contributed by atoms with Crippen molar-refractivity contribution in [3.8, 4) is 0 Å². The Balaban J connectivity index is 1.45. The third-order valence-corrected chi connectivity index (χ3v) is 8.38. The van der Waals surface area contributed by atoms with Crippen molar-refractivity contribution in [1.82, 2.24) is 20.7 Å². The van der Waals surface area contributed by atoms with E-state index in [1.54, 1.807) is 6.07 Å². The number of carbonyl (C=O) groups excluding carboxylic acids is 4. The topological polar surface area (TPSA) is 140 Å². The van der Waals surface area contributed by atoms with Crippen LogP contribution in [0.2, 0.25) is 0 Å². The number of hydrogen-bond acceptors (Lipinski definition) is 9. The Morgan fingerprint density at radius 3 is 2.39 bits per heavy atom. The number of ketones is 2. The van der Waals surface area contributed by atoms with Gasteiger partial charge in [0.15, 0.2) is 23.0 Å². The minimum Gasteiger partial charge on any atom is -0.382 e. The number of Topliss-reactive ketones (excluding diaryl/α,β-unsaturated/α-hetero) is 2. The Morgan fingerprint density at radius 1 is 1.05 bits per heavy atom. The van der Waals surface area contributed by atoms with Crippen LogP contribution in [0.4, 0.5) is 0 Å². The van der Waals surface area contributed by atoms with Crippen LogP contribution < -0.4 is 10.6 Å². The number of aromatic nitrogens is 1. The maximum Gasteiger partial charge on any atom is 0.274 e. The Hall–Kier alpha value is -3.41. The molecule has 2 aromatic rings. The lowest BCUT2D eigenvalue weighted by molar-refractivity contribution is -0.134. The van der Waals surface area contributed by atoms with Gasteiger partial charge in [0.05, 0.1) is 32.4 Å². The highest BCUT2D eigenvalue weighted by Crippen LogP contribution is 2.47. The van der Waals surface area contributed by atoms with Gasteiger partial charge in [-0.05, 0) is 37.2 Å². The molecule has 1 aliphatic heterocycles. The zero-order valence-corrected chi connectivity index (χ0v) is 26.3. The summed E-state index contributed by atoms with van der Waals surface area (Å²) >= 11 is 0. The van der Waals surface area contributed by atoms with E-state index in [1.165, 1.54) is 7.11 Å². The molecule has 1 aliphatic carbocycles. The van der Waals surface area contributed by atoms with Crippen molar-refractivity contribution in [3.05, 3.63) is 53.4 Å². The summed E-state index contributed by atoms with van der Waals surface area (Å²) in [5, 5.41) is 9.62. The van der Waals surface area contributed by atoms with Crippen LogP contribution in [0, 0.1) is 17.3 Å². The Bertz CT molecular complexity index is 1270. The first-order valence-corrected chi connectivity index (χ1v) is 15.5. The summed E-state index contributed by atoms with van der Waals surface area (Å²) in [6.07, 6.45) is 2.33. The second-order valence-corrected chi connectivity index (χ2v) is 12.7. The summed E-state index contributed by atoms with van der Waals surface area (Å²) < 4.78 is 16.0. The quantitative estimate of drug-likeness (QED) is 0.277. The number of benzene rings is 1. The molecule has 2 heterocycles. The van der Waals surface area contributed by atoms with Crippen LogP contribution in [0.3, 0.4) is 0 Å². The number of ether oxygens (including phenoxy) is 2. The van der Waals surface area contributed by atoms with Crippen molar-refractivity contribution < 1.29 is 33.2 Å². The second kappa shape index (κ2) is 15.5. The van der Waals surface area contributed by atoms with Gasteiger partial charge in [0, 0.05) is 44.0 Å². The summed E-state index contributed by atoms with van der Waals surface area (Å²) in [5.41, 5.74) is 0.558. The standard InChI is InChI=1S/C33H46N4O7/c1-22(2)16-26(30(39)33(3)10-11-33)34-31(40)24(17-23-8-6-5-7-9-23)18-29(38)28(21-42-4)35-32(41)27-19-25(44-36-27)20-37-12-14-43-15-13-37/h5-9,19,22,24,26,28H,10-18,20-21H2,1-4H3,(H,34,40)(H,35,41)/t24-,26+,28+/m1/s1. The van der Waals surface area contributed by atoms with E-state index >= 15 is 0 Å². The van der Waals surface area contributed by atoms with E-state index in [2.05, 4.69) is 20.7 Å². The van der Waals surface area contributed by atoms with Crippen LogP contribution in [0.25, 0.3) is 0 Å². The smallest absolute Gasteiger partial charge is 0.274 e. The fourth-order valence-corrected chi connectivity index (χ4v) is 5.48. The number of nitrogens with one attached hydrogen (secondary N) is 2. The molecule has 1 aromatic heterocycles. The average Bonchev–Trinajstić information content (AvgIpc) is 3.59. The summed E-state index contributed by atoms with van der Waals surface area (Å²) in [6.45, 7) is 9.20. The van der Waals surface area contributed by atoms with Gasteiger partial charge < -0.3 is 24.6 Å². The SMILES string of the molecule is COC[C@H](NC(=O)c1cc(CN2CCOCC2)on1)C(=O)C[C@@H](Cc1ccccc1)C(=O)N[C@@H](CC(C)C)C(=O)C1(C)CC1. The van der Waals surface area contributed by atoms with Crippen molar-refractivity contribution in [1.29, 1.82) is 0 Å². The van der Waals surface area contributed by atoms with Gasteiger partial charge in [-0.3, -0.25) is 24.1 Å². The van der Waals surface area contributed by atoms with Gasteiger partial charge in [0.25, 0.3) is 5.91 Å². The molecule has 2 fully saturated rings. The molecule has 1 saturated carbocycles. The van der Waals surface area contributed by atoms with Crippen LogP contribution in [-0.2, 0) is 36.8 Å². The molecule has 1 saturated heterocycles. The van der Waals surface area contributed by atoms with E-state index in [1.807, 2.05) is 51.1 Å². The van der Waals surface area contributed by atoms with E-state index in [0.29, 0.717) is 38.4 Å². The van der Waals surface area contributed by atoms with E-state index in [-0.39, 0.29) is 42.1 Å². The lowest BCUT2D eigenvalue weighted by Gasteiger charge is -2.26. The molecule has 0 bridgehead atoms. The molecule has 2 N–H and O–H groups in total. The zero-order valence-electron chi connectivity index (χ0n) is 26.3. The summed E-state index contributed by atoms with van der Waals surface area (Å²) in [7, 11) is 1.44. The number of hydrogen-bond donors (Lipinski definition) is 2. The van der Waals surface area contributed by atoms with Gasteiger partial charge in [0.1, 0.15) is 6.04 Å². The molecule has 2 amide bonds. The fraction of sp³-hybridized carbons (Fsp3) is 0.606. The van der Waals surface area contributed by atoms with Gasteiger partial charge in [0.2, 0.25) is 5.91 Å². The Morgan fingerprint density at radius 2 is 1.75 bits per heavy atom. The predicted molar refractivity (Wildman–Crippen MR) is 163 cm³/mol. The molecule has 1 aromatic carbocycles. The average molecular weight is 611 g/mol. The molecule has 0 unspecified atom stereocenters. The maximum absolute atomic E-state index is 13.7. The van der Waals surface area contributed by atoms with Crippen molar-refractivity contribution in [2.75, 3.05) is 40.0 Å². The van der Waals surface area contributed by atoms with Crippen molar-refractivity contribution in [3.63, 3.8) is 0 Å². The molecule has 240 valence electrons.